The smallest absolute Gasteiger partial charge is 0.0544 e. The first-order chi connectivity index (χ1) is 8.78. The van der Waals surface area contributed by atoms with E-state index in [2.05, 4.69) is 42.3 Å². The van der Waals surface area contributed by atoms with Crippen molar-refractivity contribution in [1.82, 2.24) is 10.3 Å². The van der Waals surface area contributed by atoms with Crippen LogP contribution in [0.4, 0.5) is 0 Å². The van der Waals surface area contributed by atoms with Crippen LogP contribution < -0.4 is 5.32 Å². The molecule has 0 bridgehead atoms. The molecule has 2 nitrogen and oxygen atoms in total. The topological polar surface area (TPSA) is 24.9 Å². The van der Waals surface area contributed by atoms with E-state index in [9.17, 15) is 0 Å². The van der Waals surface area contributed by atoms with Crippen LogP contribution in [0.25, 0.3) is 0 Å². The third-order valence-corrected chi connectivity index (χ3v) is 4.23. The summed E-state index contributed by atoms with van der Waals surface area (Å²) in [7, 11) is 0. The van der Waals surface area contributed by atoms with Gasteiger partial charge in [0.15, 0.2) is 0 Å². The lowest BCUT2D eigenvalue weighted by Gasteiger charge is -2.27. The average Bonchev–Trinajstić information content (AvgIpc) is 2.40. The van der Waals surface area contributed by atoms with Gasteiger partial charge in [-0.2, -0.15) is 0 Å². The normalized spacial score (nSPS) is 24.1. The first-order valence-electron chi connectivity index (χ1n) is 7.41. The molecule has 0 saturated heterocycles. The first-order valence-corrected chi connectivity index (χ1v) is 7.41. The number of aryl methyl sites for hydroxylation is 1. The molecule has 1 aromatic rings. The van der Waals surface area contributed by atoms with Gasteiger partial charge in [-0.25, -0.2) is 0 Å². The minimum absolute atomic E-state index is 0.887. The molecule has 0 spiro atoms. The second-order valence-electron chi connectivity index (χ2n) is 5.70. The minimum atomic E-state index is 0.887. The lowest BCUT2D eigenvalue weighted by molar-refractivity contribution is 0.262. The maximum atomic E-state index is 4.52. The summed E-state index contributed by atoms with van der Waals surface area (Å²) in [6, 6.07) is 6.25. The van der Waals surface area contributed by atoms with Crippen molar-refractivity contribution >= 4 is 0 Å². The standard InChI is InChI=1S/C16H26N2/c1-3-14-7-9-15(10-8-14)11-17-12-16-6-4-5-13(2)18-16/h4-6,14-15,17H,3,7-12H2,1-2H3. The molecule has 2 heteroatoms. The summed E-state index contributed by atoms with van der Waals surface area (Å²) in [5.74, 6) is 1.89. The van der Waals surface area contributed by atoms with Crippen molar-refractivity contribution in [2.45, 2.75) is 52.5 Å². The van der Waals surface area contributed by atoms with Crippen molar-refractivity contribution in [1.29, 1.82) is 0 Å². The number of hydrogen-bond donors (Lipinski definition) is 1. The van der Waals surface area contributed by atoms with E-state index in [0.717, 1.165) is 36.3 Å². The Labute approximate surface area is 111 Å². The van der Waals surface area contributed by atoms with Gasteiger partial charge >= 0.3 is 0 Å². The number of nitrogens with zero attached hydrogens (tertiary/aromatic N) is 1. The van der Waals surface area contributed by atoms with E-state index in [1.54, 1.807) is 0 Å². The zero-order chi connectivity index (χ0) is 12.8. The number of nitrogens with one attached hydrogen (secondary N) is 1. The van der Waals surface area contributed by atoms with Gasteiger partial charge in [-0.15, -0.1) is 0 Å². The molecule has 0 amide bonds. The molecule has 100 valence electrons. The second-order valence-corrected chi connectivity index (χ2v) is 5.70. The lowest BCUT2D eigenvalue weighted by Crippen LogP contribution is -2.26. The van der Waals surface area contributed by atoms with Crippen molar-refractivity contribution in [3.8, 4) is 0 Å². The Morgan fingerprint density at radius 3 is 2.56 bits per heavy atom. The molecule has 0 aliphatic heterocycles. The molecule has 1 saturated carbocycles. The van der Waals surface area contributed by atoms with Gasteiger partial charge in [0.1, 0.15) is 0 Å². The van der Waals surface area contributed by atoms with Crippen molar-refractivity contribution < 1.29 is 0 Å². The fourth-order valence-electron chi connectivity index (χ4n) is 2.95. The number of rotatable bonds is 5. The molecule has 0 atom stereocenters. The highest BCUT2D eigenvalue weighted by Gasteiger charge is 2.19. The van der Waals surface area contributed by atoms with Gasteiger partial charge in [-0.05, 0) is 50.3 Å². The minimum Gasteiger partial charge on any atom is -0.311 e. The summed E-state index contributed by atoms with van der Waals surface area (Å²) in [4.78, 5) is 4.52. The van der Waals surface area contributed by atoms with Crippen LogP contribution in [0.2, 0.25) is 0 Å². The van der Waals surface area contributed by atoms with E-state index in [-0.39, 0.29) is 0 Å². The zero-order valence-corrected chi connectivity index (χ0v) is 11.8. The Morgan fingerprint density at radius 1 is 1.17 bits per heavy atom. The molecule has 1 aliphatic rings. The second kappa shape index (κ2) is 6.89. The van der Waals surface area contributed by atoms with Gasteiger partial charge < -0.3 is 5.32 Å². The average molecular weight is 246 g/mol. The van der Waals surface area contributed by atoms with Crippen LogP contribution in [-0.2, 0) is 6.54 Å². The van der Waals surface area contributed by atoms with Gasteiger partial charge in [0.25, 0.3) is 0 Å². The fraction of sp³-hybridized carbons (Fsp3) is 0.688. The summed E-state index contributed by atoms with van der Waals surface area (Å²) >= 11 is 0. The molecular weight excluding hydrogens is 220 g/mol. The van der Waals surface area contributed by atoms with E-state index < -0.39 is 0 Å². The molecule has 2 rings (SSSR count). The molecule has 1 heterocycles. The highest BCUT2D eigenvalue weighted by atomic mass is 14.9. The van der Waals surface area contributed by atoms with Crippen LogP contribution in [-0.4, -0.2) is 11.5 Å². The third-order valence-electron chi connectivity index (χ3n) is 4.23. The Balaban J connectivity index is 1.67. The molecular formula is C16H26N2. The van der Waals surface area contributed by atoms with Gasteiger partial charge in [-0.1, -0.05) is 32.3 Å². The number of pyridine rings is 1. The van der Waals surface area contributed by atoms with Gasteiger partial charge in [-0.3, -0.25) is 4.98 Å². The Hall–Kier alpha value is -0.890. The highest BCUT2D eigenvalue weighted by molar-refractivity contribution is 5.09. The monoisotopic (exact) mass is 246 g/mol. The van der Waals surface area contributed by atoms with E-state index in [0.29, 0.717) is 0 Å². The predicted molar refractivity (Wildman–Crippen MR) is 76.4 cm³/mol. The van der Waals surface area contributed by atoms with Crippen LogP contribution >= 0.6 is 0 Å². The quantitative estimate of drug-likeness (QED) is 0.857. The van der Waals surface area contributed by atoms with Crippen LogP contribution in [0.15, 0.2) is 18.2 Å². The summed E-state index contributed by atoms with van der Waals surface area (Å²) in [5.41, 5.74) is 2.27. The van der Waals surface area contributed by atoms with Gasteiger partial charge in [0.05, 0.1) is 5.69 Å². The van der Waals surface area contributed by atoms with Crippen LogP contribution in [0.3, 0.4) is 0 Å². The van der Waals surface area contributed by atoms with E-state index in [4.69, 9.17) is 0 Å². The van der Waals surface area contributed by atoms with E-state index >= 15 is 0 Å². The fourth-order valence-corrected chi connectivity index (χ4v) is 2.95. The molecule has 0 unspecified atom stereocenters. The molecule has 18 heavy (non-hydrogen) atoms. The maximum Gasteiger partial charge on any atom is 0.0544 e. The highest BCUT2D eigenvalue weighted by Crippen LogP contribution is 2.30. The van der Waals surface area contributed by atoms with Gasteiger partial charge in [0, 0.05) is 12.2 Å². The zero-order valence-electron chi connectivity index (χ0n) is 11.8. The largest absolute Gasteiger partial charge is 0.311 e. The number of hydrogen-bond acceptors (Lipinski definition) is 2. The maximum absolute atomic E-state index is 4.52. The van der Waals surface area contributed by atoms with E-state index in [1.165, 1.54) is 32.1 Å². The predicted octanol–water partition coefficient (Wildman–Crippen LogP) is 3.70. The summed E-state index contributed by atoms with van der Waals surface area (Å²) in [6.07, 6.45) is 7.06. The van der Waals surface area contributed by atoms with Crippen molar-refractivity contribution in [3.05, 3.63) is 29.6 Å². The Bertz CT molecular complexity index is 354. The summed E-state index contributed by atoms with van der Waals surface area (Å²) in [6.45, 7) is 6.45. The molecule has 1 aliphatic carbocycles. The molecule has 1 aromatic heterocycles. The Morgan fingerprint density at radius 2 is 1.89 bits per heavy atom. The summed E-state index contributed by atoms with van der Waals surface area (Å²) < 4.78 is 0. The molecule has 0 aromatic carbocycles. The van der Waals surface area contributed by atoms with Crippen molar-refractivity contribution in [2.24, 2.45) is 11.8 Å². The van der Waals surface area contributed by atoms with Crippen LogP contribution in [0.1, 0.15) is 50.4 Å². The SMILES string of the molecule is CCC1CCC(CNCc2cccc(C)n2)CC1. The van der Waals surface area contributed by atoms with Crippen LogP contribution in [0.5, 0.6) is 0 Å². The Kier molecular flexibility index (Phi) is 5.18. The summed E-state index contributed by atoms with van der Waals surface area (Å²) in [5, 5.41) is 3.57. The third kappa shape index (κ3) is 4.09. The van der Waals surface area contributed by atoms with E-state index in [1.807, 2.05) is 0 Å². The van der Waals surface area contributed by atoms with Crippen LogP contribution in [0, 0.1) is 18.8 Å². The molecule has 0 radical (unpaired) electrons. The number of aromatic nitrogens is 1. The first kappa shape index (κ1) is 13.5. The lowest BCUT2D eigenvalue weighted by atomic mass is 9.81. The molecule has 1 fully saturated rings. The molecule has 1 N–H and O–H groups in total. The van der Waals surface area contributed by atoms with Gasteiger partial charge in [0.2, 0.25) is 0 Å². The van der Waals surface area contributed by atoms with Crippen molar-refractivity contribution in [2.75, 3.05) is 6.54 Å². The van der Waals surface area contributed by atoms with Crippen molar-refractivity contribution in [3.63, 3.8) is 0 Å².